The Bertz CT molecular complexity index is 563. The van der Waals surface area contributed by atoms with E-state index in [4.69, 9.17) is 4.74 Å². The quantitative estimate of drug-likeness (QED) is 0.730. The Morgan fingerprint density at radius 1 is 1.43 bits per heavy atom. The summed E-state index contributed by atoms with van der Waals surface area (Å²) in [5.41, 5.74) is 0.553. The third kappa shape index (κ3) is 4.11. The van der Waals surface area contributed by atoms with E-state index in [0.717, 1.165) is 5.56 Å². The van der Waals surface area contributed by atoms with Gasteiger partial charge in [0, 0.05) is 18.9 Å². The number of carbonyl (C=O) groups excluding carboxylic acids is 2. The Morgan fingerprint density at radius 2 is 2.14 bits per heavy atom. The minimum absolute atomic E-state index is 0.00901. The number of nitrogens with one attached hydrogen (secondary N) is 2. The lowest BCUT2D eigenvalue weighted by atomic mass is 9.97. The second-order valence-corrected chi connectivity index (χ2v) is 6.11. The molecule has 0 saturated carbocycles. The fourth-order valence-electron chi connectivity index (χ4n) is 2.16. The summed E-state index contributed by atoms with van der Waals surface area (Å²) >= 11 is 0. The molecule has 2 rings (SSSR count). The molecule has 6 nitrogen and oxygen atoms in total. The topological polar surface area (TPSA) is 87.7 Å². The van der Waals surface area contributed by atoms with Crippen molar-refractivity contribution in [2.45, 2.75) is 38.7 Å². The summed E-state index contributed by atoms with van der Waals surface area (Å²) in [5.74, 6) is 0.0221. The van der Waals surface area contributed by atoms with Gasteiger partial charge in [-0.15, -0.1) is 0 Å². The van der Waals surface area contributed by atoms with Crippen molar-refractivity contribution in [2.75, 3.05) is 11.9 Å². The SMILES string of the molecule is CC(C)(C)OC(=O)Nc1cc(C2CNC(=O)C2)ccc1O. The third-order valence-corrected chi connectivity index (χ3v) is 3.11. The largest absolute Gasteiger partial charge is 0.506 e. The molecule has 6 heteroatoms. The summed E-state index contributed by atoms with van der Waals surface area (Å²) in [6.45, 7) is 5.85. The van der Waals surface area contributed by atoms with Crippen LogP contribution in [0.25, 0.3) is 0 Å². The van der Waals surface area contributed by atoms with Gasteiger partial charge in [0.25, 0.3) is 0 Å². The molecule has 1 heterocycles. The average molecular weight is 292 g/mol. The average Bonchev–Trinajstić information content (AvgIpc) is 2.76. The third-order valence-electron chi connectivity index (χ3n) is 3.11. The number of anilines is 1. The molecule has 1 aliphatic rings. The van der Waals surface area contributed by atoms with Gasteiger partial charge in [-0.05, 0) is 38.5 Å². The number of carbonyl (C=O) groups is 2. The lowest BCUT2D eigenvalue weighted by Crippen LogP contribution is -2.27. The summed E-state index contributed by atoms with van der Waals surface area (Å²) in [7, 11) is 0. The van der Waals surface area contributed by atoms with E-state index >= 15 is 0 Å². The molecule has 0 bridgehead atoms. The first-order valence-corrected chi connectivity index (χ1v) is 6.84. The van der Waals surface area contributed by atoms with E-state index in [1.807, 2.05) is 0 Å². The molecule has 1 fully saturated rings. The molecule has 0 radical (unpaired) electrons. The summed E-state index contributed by atoms with van der Waals surface area (Å²) in [5, 5.41) is 15.1. The molecular formula is C15H20N2O4. The minimum atomic E-state index is -0.629. The first-order valence-electron chi connectivity index (χ1n) is 6.84. The number of ether oxygens (including phenoxy) is 1. The van der Waals surface area contributed by atoms with Gasteiger partial charge in [0.2, 0.25) is 5.91 Å². The normalized spacial score (nSPS) is 18.2. The molecule has 1 aliphatic heterocycles. The smallest absolute Gasteiger partial charge is 0.412 e. The first-order chi connectivity index (χ1) is 9.74. The first kappa shape index (κ1) is 15.2. The predicted molar refractivity (Wildman–Crippen MR) is 78.3 cm³/mol. The van der Waals surface area contributed by atoms with Crippen molar-refractivity contribution in [2.24, 2.45) is 0 Å². The molecule has 0 aromatic heterocycles. The molecule has 0 aliphatic carbocycles. The fourth-order valence-corrected chi connectivity index (χ4v) is 2.16. The van der Waals surface area contributed by atoms with Crippen LogP contribution >= 0.6 is 0 Å². The van der Waals surface area contributed by atoms with E-state index < -0.39 is 11.7 Å². The van der Waals surface area contributed by atoms with Gasteiger partial charge in [-0.1, -0.05) is 6.07 Å². The van der Waals surface area contributed by atoms with Crippen molar-refractivity contribution in [3.05, 3.63) is 23.8 Å². The van der Waals surface area contributed by atoms with E-state index in [1.54, 1.807) is 32.9 Å². The van der Waals surface area contributed by atoms with E-state index in [0.29, 0.717) is 13.0 Å². The van der Waals surface area contributed by atoms with Crippen LogP contribution in [0.1, 0.15) is 38.7 Å². The van der Waals surface area contributed by atoms with Crippen LogP contribution in [0.2, 0.25) is 0 Å². The molecule has 114 valence electrons. The molecule has 1 aromatic carbocycles. The van der Waals surface area contributed by atoms with E-state index in [1.165, 1.54) is 6.07 Å². The van der Waals surface area contributed by atoms with Gasteiger partial charge >= 0.3 is 6.09 Å². The Labute approximate surface area is 123 Å². The Hall–Kier alpha value is -2.24. The summed E-state index contributed by atoms with van der Waals surface area (Å²) < 4.78 is 5.15. The van der Waals surface area contributed by atoms with Crippen molar-refractivity contribution in [1.82, 2.24) is 5.32 Å². The van der Waals surface area contributed by atoms with Crippen LogP contribution in [0.5, 0.6) is 5.75 Å². The van der Waals surface area contributed by atoms with Crippen LogP contribution in [0.15, 0.2) is 18.2 Å². The molecule has 1 unspecified atom stereocenters. The Balaban J connectivity index is 2.12. The molecule has 21 heavy (non-hydrogen) atoms. The van der Waals surface area contributed by atoms with Crippen molar-refractivity contribution >= 4 is 17.7 Å². The van der Waals surface area contributed by atoms with Crippen LogP contribution in [0.4, 0.5) is 10.5 Å². The summed E-state index contributed by atoms with van der Waals surface area (Å²) in [6, 6.07) is 4.93. The van der Waals surface area contributed by atoms with Crippen LogP contribution < -0.4 is 10.6 Å². The minimum Gasteiger partial charge on any atom is -0.506 e. The van der Waals surface area contributed by atoms with Gasteiger partial charge in [-0.3, -0.25) is 10.1 Å². The second kappa shape index (κ2) is 5.63. The van der Waals surface area contributed by atoms with Crippen LogP contribution in [0, 0.1) is 0 Å². The zero-order valence-electron chi connectivity index (χ0n) is 12.4. The van der Waals surface area contributed by atoms with Crippen LogP contribution in [0.3, 0.4) is 0 Å². The van der Waals surface area contributed by atoms with Crippen molar-refractivity contribution in [1.29, 1.82) is 0 Å². The molecular weight excluding hydrogens is 272 g/mol. The summed E-state index contributed by atoms with van der Waals surface area (Å²) in [6.07, 6.45) is -0.216. The highest BCUT2D eigenvalue weighted by molar-refractivity contribution is 5.87. The number of hydrogen-bond acceptors (Lipinski definition) is 4. The van der Waals surface area contributed by atoms with Crippen molar-refractivity contribution in [3.8, 4) is 5.75 Å². The molecule has 1 atom stereocenters. The number of benzene rings is 1. The standard InChI is InChI=1S/C15H20N2O4/c1-15(2,3)21-14(20)17-11-6-9(4-5-12(11)18)10-7-13(19)16-8-10/h4-6,10,18H,7-8H2,1-3H3,(H,16,19)(H,17,20). The number of rotatable bonds is 2. The predicted octanol–water partition coefficient (Wildman–Crippen LogP) is 2.34. The lowest BCUT2D eigenvalue weighted by molar-refractivity contribution is -0.119. The van der Waals surface area contributed by atoms with Gasteiger partial charge in [0.05, 0.1) is 5.69 Å². The number of aromatic hydroxyl groups is 1. The lowest BCUT2D eigenvalue weighted by Gasteiger charge is -2.20. The van der Waals surface area contributed by atoms with Crippen LogP contribution in [-0.2, 0) is 9.53 Å². The molecule has 0 spiro atoms. The summed E-state index contributed by atoms with van der Waals surface area (Å²) in [4.78, 5) is 23.0. The second-order valence-electron chi connectivity index (χ2n) is 6.11. The monoisotopic (exact) mass is 292 g/mol. The van der Waals surface area contributed by atoms with Crippen LogP contribution in [-0.4, -0.2) is 29.3 Å². The van der Waals surface area contributed by atoms with Crippen molar-refractivity contribution in [3.63, 3.8) is 0 Å². The number of phenols is 1. The maximum absolute atomic E-state index is 11.8. The molecule has 1 saturated heterocycles. The zero-order chi connectivity index (χ0) is 15.6. The van der Waals surface area contributed by atoms with E-state index in [-0.39, 0.29) is 23.3 Å². The van der Waals surface area contributed by atoms with Gasteiger partial charge in [-0.25, -0.2) is 4.79 Å². The van der Waals surface area contributed by atoms with Gasteiger partial charge in [0.1, 0.15) is 11.4 Å². The Morgan fingerprint density at radius 3 is 2.71 bits per heavy atom. The highest BCUT2D eigenvalue weighted by Gasteiger charge is 2.24. The van der Waals surface area contributed by atoms with Gasteiger partial charge < -0.3 is 15.2 Å². The van der Waals surface area contributed by atoms with Gasteiger partial charge in [0.15, 0.2) is 0 Å². The van der Waals surface area contributed by atoms with Crippen molar-refractivity contribution < 1.29 is 19.4 Å². The molecule has 3 N–H and O–H groups in total. The zero-order valence-corrected chi connectivity index (χ0v) is 12.4. The molecule has 1 aromatic rings. The van der Waals surface area contributed by atoms with Gasteiger partial charge in [-0.2, -0.15) is 0 Å². The maximum atomic E-state index is 11.8. The number of hydrogen-bond donors (Lipinski definition) is 3. The van der Waals surface area contributed by atoms with E-state index in [9.17, 15) is 14.7 Å². The highest BCUT2D eigenvalue weighted by Crippen LogP contribution is 2.31. The highest BCUT2D eigenvalue weighted by atomic mass is 16.6. The number of amides is 2. The molecule has 2 amide bonds. The fraction of sp³-hybridized carbons (Fsp3) is 0.467. The number of phenolic OH excluding ortho intramolecular Hbond substituents is 1. The maximum Gasteiger partial charge on any atom is 0.412 e. The van der Waals surface area contributed by atoms with E-state index in [2.05, 4.69) is 10.6 Å². The Kier molecular flexibility index (Phi) is 4.06.